The Labute approximate surface area is 151 Å². The fraction of sp³-hybridized carbons (Fsp3) is 0.350. The van der Waals surface area contributed by atoms with Crippen LogP contribution in [0, 0.1) is 11.7 Å². The lowest BCUT2D eigenvalue weighted by molar-refractivity contribution is -0.138. The highest BCUT2D eigenvalue weighted by atomic mass is 35.5. The number of hydrogen-bond acceptors (Lipinski definition) is 2. The van der Waals surface area contributed by atoms with E-state index in [0.717, 1.165) is 24.2 Å². The molecule has 0 bridgehead atoms. The van der Waals surface area contributed by atoms with Crippen molar-refractivity contribution in [3.8, 4) is 5.75 Å². The summed E-state index contributed by atoms with van der Waals surface area (Å²) in [6, 6.07) is 12.6. The summed E-state index contributed by atoms with van der Waals surface area (Å²) in [5.41, 5.74) is 1.44. The molecule has 0 spiro atoms. The van der Waals surface area contributed by atoms with E-state index in [9.17, 15) is 9.18 Å². The molecule has 0 aromatic heterocycles. The first kappa shape index (κ1) is 16.4. The van der Waals surface area contributed by atoms with E-state index in [0.29, 0.717) is 23.6 Å². The van der Waals surface area contributed by atoms with Gasteiger partial charge in [0.25, 0.3) is 0 Å². The lowest BCUT2D eigenvalue weighted by atomic mass is 9.95. The zero-order valence-electron chi connectivity index (χ0n) is 13.8. The van der Waals surface area contributed by atoms with Crippen molar-refractivity contribution in [1.82, 2.24) is 4.90 Å². The average Bonchev–Trinajstić information content (AvgIpc) is 3.45. The van der Waals surface area contributed by atoms with Crippen LogP contribution in [0.1, 0.15) is 24.0 Å². The van der Waals surface area contributed by atoms with Gasteiger partial charge in [0.1, 0.15) is 18.2 Å². The van der Waals surface area contributed by atoms with Crippen LogP contribution in [0.3, 0.4) is 0 Å². The second-order valence-electron chi connectivity index (χ2n) is 6.72. The zero-order chi connectivity index (χ0) is 17.4. The molecule has 25 heavy (non-hydrogen) atoms. The van der Waals surface area contributed by atoms with Crippen LogP contribution in [0.25, 0.3) is 0 Å². The Kier molecular flexibility index (Phi) is 4.38. The molecule has 0 radical (unpaired) electrons. The van der Waals surface area contributed by atoms with Crippen molar-refractivity contribution in [1.29, 1.82) is 0 Å². The van der Waals surface area contributed by atoms with Crippen molar-refractivity contribution < 1.29 is 13.9 Å². The minimum atomic E-state index is -0.365. The first-order valence-electron chi connectivity index (χ1n) is 8.57. The monoisotopic (exact) mass is 359 g/mol. The van der Waals surface area contributed by atoms with Crippen molar-refractivity contribution in [2.45, 2.75) is 31.8 Å². The highest BCUT2D eigenvalue weighted by Gasteiger charge is 2.38. The molecule has 1 unspecified atom stereocenters. The minimum Gasteiger partial charge on any atom is -0.492 e. The van der Waals surface area contributed by atoms with Gasteiger partial charge in [0.2, 0.25) is 5.91 Å². The Morgan fingerprint density at radius 3 is 2.76 bits per heavy atom. The summed E-state index contributed by atoms with van der Waals surface area (Å²) in [7, 11) is 0. The minimum absolute atomic E-state index is 0.0244. The molecule has 3 nitrogen and oxygen atoms in total. The summed E-state index contributed by atoms with van der Waals surface area (Å²) in [5.74, 6) is 0.273. The van der Waals surface area contributed by atoms with Crippen LogP contribution in [-0.2, 0) is 17.8 Å². The van der Waals surface area contributed by atoms with Gasteiger partial charge >= 0.3 is 0 Å². The number of carbonyl (C=O) groups excluding carboxylic acids is 1. The Morgan fingerprint density at radius 2 is 2.00 bits per heavy atom. The molecule has 5 heteroatoms. The van der Waals surface area contributed by atoms with Crippen LogP contribution in [0.2, 0.25) is 5.02 Å². The molecule has 1 amide bonds. The van der Waals surface area contributed by atoms with Crippen LogP contribution in [0.4, 0.5) is 4.39 Å². The number of halogens is 2. The molecule has 2 aromatic rings. The summed E-state index contributed by atoms with van der Waals surface area (Å²) in [5, 5.41) is 0.365. The van der Waals surface area contributed by atoms with Gasteiger partial charge in [-0.2, -0.15) is 0 Å². The Bertz CT molecular complexity index is 786. The van der Waals surface area contributed by atoms with Crippen molar-refractivity contribution in [2.75, 3.05) is 6.61 Å². The largest absolute Gasteiger partial charge is 0.492 e. The quantitative estimate of drug-likeness (QED) is 0.818. The standard InChI is InChI=1S/C20H19ClFNO2/c21-17-5-3-6-18(22)16(17)11-23(15-8-9-15)20(24)14-10-13-4-1-2-7-19(13)25-12-14/h1-7,14-15H,8-12H2. The van der Waals surface area contributed by atoms with Gasteiger partial charge in [-0.3, -0.25) is 4.79 Å². The second-order valence-corrected chi connectivity index (χ2v) is 7.12. The third-order valence-electron chi connectivity index (χ3n) is 4.89. The topological polar surface area (TPSA) is 29.5 Å². The first-order chi connectivity index (χ1) is 12.1. The smallest absolute Gasteiger partial charge is 0.230 e. The third kappa shape index (κ3) is 3.36. The van der Waals surface area contributed by atoms with E-state index in [1.165, 1.54) is 6.07 Å². The molecule has 1 heterocycles. The van der Waals surface area contributed by atoms with Gasteiger partial charge in [-0.1, -0.05) is 35.9 Å². The van der Waals surface area contributed by atoms with E-state index < -0.39 is 0 Å². The van der Waals surface area contributed by atoms with Gasteiger partial charge in [-0.25, -0.2) is 4.39 Å². The van der Waals surface area contributed by atoms with Gasteiger partial charge in [0.05, 0.1) is 12.5 Å². The van der Waals surface area contributed by atoms with Gasteiger partial charge in [0, 0.05) is 16.6 Å². The normalized spacial score (nSPS) is 19.0. The summed E-state index contributed by atoms with van der Waals surface area (Å²) in [6.07, 6.45) is 2.58. The molecule has 2 aliphatic rings. The van der Waals surface area contributed by atoms with Crippen molar-refractivity contribution >= 4 is 17.5 Å². The van der Waals surface area contributed by atoms with E-state index in [-0.39, 0.29) is 30.2 Å². The van der Waals surface area contributed by atoms with Crippen molar-refractivity contribution in [2.24, 2.45) is 5.92 Å². The second kappa shape index (κ2) is 6.68. The molecule has 1 atom stereocenters. The van der Waals surface area contributed by atoms with Crippen LogP contribution in [0.5, 0.6) is 5.75 Å². The van der Waals surface area contributed by atoms with E-state index in [2.05, 4.69) is 0 Å². The molecule has 1 aliphatic heterocycles. The van der Waals surface area contributed by atoms with E-state index in [1.807, 2.05) is 24.3 Å². The summed E-state index contributed by atoms with van der Waals surface area (Å²) in [4.78, 5) is 14.9. The fourth-order valence-corrected chi connectivity index (χ4v) is 3.57. The number of amides is 1. The average molecular weight is 360 g/mol. The molecule has 4 rings (SSSR count). The van der Waals surface area contributed by atoms with Gasteiger partial charge in [-0.05, 0) is 43.0 Å². The number of ether oxygens (including phenoxy) is 1. The van der Waals surface area contributed by atoms with E-state index >= 15 is 0 Å². The molecular formula is C20H19ClFNO2. The van der Waals surface area contributed by atoms with Crippen LogP contribution < -0.4 is 4.74 Å². The molecule has 1 saturated carbocycles. The fourth-order valence-electron chi connectivity index (χ4n) is 3.35. The summed E-state index contributed by atoms with van der Waals surface area (Å²) >= 11 is 6.15. The highest BCUT2D eigenvalue weighted by molar-refractivity contribution is 6.31. The molecule has 2 aromatic carbocycles. The number of para-hydroxylation sites is 1. The highest BCUT2D eigenvalue weighted by Crippen LogP contribution is 2.34. The molecule has 0 N–H and O–H groups in total. The number of nitrogens with zero attached hydrogens (tertiary/aromatic N) is 1. The van der Waals surface area contributed by atoms with Crippen LogP contribution in [-0.4, -0.2) is 23.5 Å². The number of carbonyl (C=O) groups is 1. The molecule has 1 fully saturated rings. The van der Waals surface area contributed by atoms with Crippen LogP contribution in [0.15, 0.2) is 42.5 Å². The maximum Gasteiger partial charge on any atom is 0.230 e. The Hall–Kier alpha value is -2.07. The molecule has 130 valence electrons. The lowest BCUT2D eigenvalue weighted by Crippen LogP contribution is -2.41. The number of fused-ring (bicyclic) bond motifs is 1. The SMILES string of the molecule is O=C(C1COc2ccccc2C1)N(Cc1c(F)cccc1Cl)C1CC1. The maximum absolute atomic E-state index is 14.2. The number of hydrogen-bond donors (Lipinski definition) is 0. The molecule has 1 aliphatic carbocycles. The van der Waals surface area contributed by atoms with Crippen LogP contribution >= 0.6 is 11.6 Å². The van der Waals surface area contributed by atoms with Gasteiger partial charge in [0.15, 0.2) is 0 Å². The van der Waals surface area contributed by atoms with Gasteiger partial charge in [-0.15, -0.1) is 0 Å². The number of benzene rings is 2. The predicted octanol–water partition coefficient (Wildman–Crippen LogP) is 4.22. The lowest BCUT2D eigenvalue weighted by Gasteiger charge is -2.31. The summed E-state index contributed by atoms with van der Waals surface area (Å²) < 4.78 is 19.9. The predicted molar refractivity (Wildman–Crippen MR) is 94.1 cm³/mol. The first-order valence-corrected chi connectivity index (χ1v) is 8.95. The van der Waals surface area contributed by atoms with Gasteiger partial charge < -0.3 is 9.64 Å². The summed E-state index contributed by atoms with van der Waals surface area (Å²) in [6.45, 7) is 0.581. The van der Waals surface area contributed by atoms with Crippen molar-refractivity contribution in [3.63, 3.8) is 0 Å². The van der Waals surface area contributed by atoms with E-state index in [4.69, 9.17) is 16.3 Å². The molecule has 0 saturated heterocycles. The third-order valence-corrected chi connectivity index (χ3v) is 5.24. The van der Waals surface area contributed by atoms with Crippen molar-refractivity contribution in [3.05, 3.63) is 64.4 Å². The number of rotatable bonds is 4. The van der Waals surface area contributed by atoms with E-state index in [1.54, 1.807) is 17.0 Å². The maximum atomic E-state index is 14.2. The molecular weight excluding hydrogens is 341 g/mol. The Balaban J connectivity index is 1.55. The zero-order valence-corrected chi connectivity index (χ0v) is 14.5. The Morgan fingerprint density at radius 1 is 1.20 bits per heavy atom.